The number of hydrogen-bond donors (Lipinski definition) is 0. The van der Waals surface area contributed by atoms with Gasteiger partial charge in [-0.2, -0.15) is 0 Å². The van der Waals surface area contributed by atoms with E-state index in [9.17, 15) is 0 Å². The topological polar surface area (TPSA) is 6.48 Å². The van der Waals surface area contributed by atoms with Crippen LogP contribution in [-0.4, -0.2) is 55.5 Å². The molecule has 1 atom stereocenters. The second kappa shape index (κ2) is 8.32. The molecule has 1 heterocycles. The number of rotatable bonds is 8. The maximum atomic E-state index is 5.74. The smallest absolute Gasteiger partial charge is 0.0225 e. The number of likely N-dealkylation sites (tertiary alicyclic amines) is 1. The first-order valence-corrected chi connectivity index (χ1v) is 7.22. The van der Waals surface area contributed by atoms with E-state index in [4.69, 9.17) is 11.6 Å². The molecule has 96 valence electrons. The van der Waals surface area contributed by atoms with E-state index >= 15 is 0 Å². The van der Waals surface area contributed by atoms with Gasteiger partial charge in [-0.1, -0.05) is 6.92 Å². The van der Waals surface area contributed by atoms with E-state index in [1.807, 2.05) is 0 Å². The molecule has 0 aliphatic carbocycles. The first-order chi connectivity index (χ1) is 7.72. The van der Waals surface area contributed by atoms with Crippen LogP contribution in [-0.2, 0) is 0 Å². The highest BCUT2D eigenvalue weighted by Gasteiger charge is 2.11. The van der Waals surface area contributed by atoms with Gasteiger partial charge in [0.05, 0.1) is 0 Å². The Kier molecular flexibility index (Phi) is 7.42. The number of halogens is 1. The van der Waals surface area contributed by atoms with Gasteiger partial charge in [0.2, 0.25) is 0 Å². The lowest BCUT2D eigenvalue weighted by Crippen LogP contribution is -2.32. The van der Waals surface area contributed by atoms with Crippen LogP contribution in [0.25, 0.3) is 0 Å². The summed E-state index contributed by atoms with van der Waals surface area (Å²) >= 11 is 5.74. The zero-order chi connectivity index (χ0) is 11.8. The minimum atomic E-state index is 0.770. The van der Waals surface area contributed by atoms with Gasteiger partial charge in [0.1, 0.15) is 0 Å². The summed E-state index contributed by atoms with van der Waals surface area (Å²) in [6.45, 7) is 8.61. The van der Waals surface area contributed by atoms with Crippen LogP contribution in [0, 0.1) is 5.92 Å². The van der Waals surface area contributed by atoms with E-state index in [1.165, 1.54) is 52.0 Å². The first kappa shape index (κ1) is 14.3. The molecule has 1 rings (SSSR count). The third-order valence-electron chi connectivity index (χ3n) is 3.60. The minimum Gasteiger partial charge on any atom is -0.305 e. The molecular formula is C13H27ClN2. The number of hydrogen-bond acceptors (Lipinski definition) is 2. The van der Waals surface area contributed by atoms with E-state index in [0.29, 0.717) is 0 Å². The maximum Gasteiger partial charge on any atom is 0.0225 e. The lowest BCUT2D eigenvalue weighted by Gasteiger charge is -2.22. The molecule has 1 aliphatic heterocycles. The highest BCUT2D eigenvalue weighted by molar-refractivity contribution is 6.17. The van der Waals surface area contributed by atoms with Gasteiger partial charge in [-0.05, 0) is 58.3 Å². The molecule has 0 spiro atoms. The van der Waals surface area contributed by atoms with Crippen molar-refractivity contribution in [3.63, 3.8) is 0 Å². The van der Waals surface area contributed by atoms with E-state index in [2.05, 4.69) is 23.8 Å². The molecule has 3 heteroatoms. The van der Waals surface area contributed by atoms with Crippen LogP contribution in [0.2, 0.25) is 0 Å². The van der Waals surface area contributed by atoms with Crippen molar-refractivity contribution < 1.29 is 0 Å². The van der Waals surface area contributed by atoms with Crippen molar-refractivity contribution >= 4 is 11.6 Å². The fourth-order valence-corrected chi connectivity index (χ4v) is 2.57. The lowest BCUT2D eigenvalue weighted by molar-refractivity contribution is 0.246. The largest absolute Gasteiger partial charge is 0.305 e. The summed E-state index contributed by atoms with van der Waals surface area (Å²) in [5.74, 6) is 1.57. The summed E-state index contributed by atoms with van der Waals surface area (Å²) in [4.78, 5) is 5.04. The Hall–Kier alpha value is 0.210. The summed E-state index contributed by atoms with van der Waals surface area (Å²) in [7, 11) is 2.24. The molecule has 1 aliphatic rings. The average molecular weight is 247 g/mol. The van der Waals surface area contributed by atoms with Gasteiger partial charge in [-0.3, -0.25) is 0 Å². The quantitative estimate of drug-likeness (QED) is 0.608. The summed E-state index contributed by atoms with van der Waals surface area (Å²) in [6, 6.07) is 0. The molecule has 2 nitrogen and oxygen atoms in total. The Balaban J connectivity index is 1.99. The molecule has 0 aromatic rings. The first-order valence-electron chi connectivity index (χ1n) is 6.69. The van der Waals surface area contributed by atoms with Crippen molar-refractivity contribution in [2.45, 2.75) is 32.6 Å². The monoisotopic (exact) mass is 246 g/mol. The molecule has 1 fully saturated rings. The van der Waals surface area contributed by atoms with Crippen LogP contribution >= 0.6 is 11.6 Å². The van der Waals surface area contributed by atoms with Gasteiger partial charge in [0.25, 0.3) is 0 Å². The molecule has 1 unspecified atom stereocenters. The van der Waals surface area contributed by atoms with Gasteiger partial charge in [-0.25, -0.2) is 0 Å². The summed E-state index contributed by atoms with van der Waals surface area (Å²) in [6.07, 6.45) is 5.23. The Morgan fingerprint density at radius 1 is 1.19 bits per heavy atom. The minimum absolute atomic E-state index is 0.770. The van der Waals surface area contributed by atoms with Crippen molar-refractivity contribution in [3.8, 4) is 0 Å². The van der Waals surface area contributed by atoms with Crippen LogP contribution in [0.4, 0.5) is 0 Å². The average Bonchev–Trinajstić information content (AvgIpc) is 2.77. The van der Waals surface area contributed by atoms with Gasteiger partial charge >= 0.3 is 0 Å². The van der Waals surface area contributed by atoms with Crippen molar-refractivity contribution in [1.29, 1.82) is 0 Å². The van der Waals surface area contributed by atoms with E-state index in [-0.39, 0.29) is 0 Å². The molecular weight excluding hydrogens is 220 g/mol. The third-order valence-corrected chi connectivity index (χ3v) is 3.82. The lowest BCUT2D eigenvalue weighted by atomic mass is 10.1. The molecule has 0 aromatic carbocycles. The zero-order valence-corrected chi connectivity index (χ0v) is 11.7. The second-order valence-electron chi connectivity index (χ2n) is 5.22. The van der Waals surface area contributed by atoms with Crippen molar-refractivity contribution in [1.82, 2.24) is 9.80 Å². The van der Waals surface area contributed by atoms with Gasteiger partial charge < -0.3 is 9.80 Å². The Morgan fingerprint density at radius 3 is 2.50 bits per heavy atom. The highest BCUT2D eigenvalue weighted by atomic mass is 35.5. The van der Waals surface area contributed by atoms with Gasteiger partial charge in [-0.15, -0.1) is 11.6 Å². The fraction of sp³-hybridized carbons (Fsp3) is 1.00. The molecule has 0 aromatic heterocycles. The van der Waals surface area contributed by atoms with E-state index < -0.39 is 0 Å². The van der Waals surface area contributed by atoms with Crippen LogP contribution in [0.1, 0.15) is 32.6 Å². The molecule has 0 radical (unpaired) electrons. The van der Waals surface area contributed by atoms with Crippen molar-refractivity contribution in [2.75, 3.05) is 45.7 Å². The normalized spacial score (nSPS) is 19.5. The number of likely N-dealkylation sites (N-methyl/N-ethyl adjacent to an activating group) is 1. The molecule has 0 saturated carbocycles. The van der Waals surface area contributed by atoms with Crippen molar-refractivity contribution in [2.24, 2.45) is 5.92 Å². The van der Waals surface area contributed by atoms with Gasteiger partial charge in [0, 0.05) is 19.0 Å². The summed E-state index contributed by atoms with van der Waals surface area (Å²) < 4.78 is 0. The molecule has 16 heavy (non-hydrogen) atoms. The summed E-state index contributed by atoms with van der Waals surface area (Å²) in [5.41, 5.74) is 0. The van der Waals surface area contributed by atoms with E-state index in [1.54, 1.807) is 0 Å². The van der Waals surface area contributed by atoms with Crippen LogP contribution in [0.3, 0.4) is 0 Å². The second-order valence-corrected chi connectivity index (χ2v) is 5.60. The standard InChI is InChI=1S/C13H27ClN2/c1-13(5-7-14)6-10-15(2)11-12-16-8-3-4-9-16/h13H,3-12H2,1-2H3. The fourth-order valence-electron chi connectivity index (χ4n) is 2.20. The molecule has 1 saturated heterocycles. The maximum absolute atomic E-state index is 5.74. The predicted octanol–water partition coefficient (Wildman–Crippen LogP) is 2.67. The summed E-state index contributed by atoms with van der Waals surface area (Å²) in [5, 5.41) is 0. The predicted molar refractivity (Wildman–Crippen MR) is 72.3 cm³/mol. The van der Waals surface area contributed by atoms with Crippen LogP contribution < -0.4 is 0 Å². The molecule has 0 N–H and O–H groups in total. The zero-order valence-electron chi connectivity index (χ0n) is 10.9. The molecule has 0 amide bonds. The Labute approximate surface area is 106 Å². The molecule has 0 bridgehead atoms. The van der Waals surface area contributed by atoms with Gasteiger partial charge in [0.15, 0.2) is 0 Å². The highest BCUT2D eigenvalue weighted by Crippen LogP contribution is 2.10. The van der Waals surface area contributed by atoms with Crippen LogP contribution in [0.5, 0.6) is 0 Å². The Morgan fingerprint density at radius 2 is 1.88 bits per heavy atom. The number of nitrogens with zero attached hydrogens (tertiary/aromatic N) is 2. The Bertz CT molecular complexity index is 169. The number of alkyl halides is 1. The van der Waals surface area contributed by atoms with E-state index in [0.717, 1.165) is 18.2 Å². The van der Waals surface area contributed by atoms with Crippen LogP contribution in [0.15, 0.2) is 0 Å². The SMILES string of the molecule is CC(CCCl)CCN(C)CCN1CCCC1. The third kappa shape index (κ3) is 6.07. The van der Waals surface area contributed by atoms with Crippen molar-refractivity contribution in [3.05, 3.63) is 0 Å².